The van der Waals surface area contributed by atoms with Gasteiger partial charge in [-0.1, -0.05) is 5.92 Å². The Labute approximate surface area is 96.0 Å². The van der Waals surface area contributed by atoms with Crippen molar-refractivity contribution in [2.24, 2.45) is 0 Å². The van der Waals surface area contributed by atoms with E-state index in [4.69, 9.17) is 6.42 Å². The molecule has 0 unspecified atom stereocenters. The van der Waals surface area contributed by atoms with E-state index in [1.807, 2.05) is 0 Å². The van der Waals surface area contributed by atoms with E-state index in [1.165, 1.54) is 0 Å². The van der Waals surface area contributed by atoms with E-state index < -0.39 is 23.4 Å². The zero-order valence-electron chi connectivity index (χ0n) is 8.69. The summed E-state index contributed by atoms with van der Waals surface area (Å²) in [6.07, 6.45) is 4.94. The minimum absolute atomic E-state index is 0.106. The van der Waals surface area contributed by atoms with E-state index in [9.17, 15) is 18.0 Å². The SMILES string of the molecule is C#CCNCC(=O)Nc1cc(F)c(F)c(F)c1. The van der Waals surface area contributed by atoms with Gasteiger partial charge in [-0.15, -0.1) is 6.42 Å². The third-order valence-electron chi connectivity index (χ3n) is 1.78. The summed E-state index contributed by atoms with van der Waals surface area (Å²) in [6, 6.07) is 1.38. The number of nitrogens with one attached hydrogen (secondary N) is 2. The fourth-order valence-electron chi connectivity index (χ4n) is 1.08. The number of hydrogen-bond donors (Lipinski definition) is 2. The van der Waals surface area contributed by atoms with Crippen LogP contribution in [0, 0.1) is 29.8 Å². The Balaban J connectivity index is 2.63. The Bertz CT molecular complexity index is 445. The van der Waals surface area contributed by atoms with Crippen LogP contribution >= 0.6 is 0 Å². The molecular formula is C11H9F3N2O. The number of amides is 1. The van der Waals surface area contributed by atoms with E-state index in [0.29, 0.717) is 12.1 Å². The Morgan fingerprint density at radius 1 is 1.29 bits per heavy atom. The van der Waals surface area contributed by atoms with Gasteiger partial charge in [-0.25, -0.2) is 13.2 Å². The molecule has 0 saturated heterocycles. The molecule has 0 fully saturated rings. The maximum absolute atomic E-state index is 12.8. The zero-order chi connectivity index (χ0) is 12.8. The third-order valence-corrected chi connectivity index (χ3v) is 1.78. The standard InChI is InChI=1S/C11H9F3N2O/c1-2-3-15-6-10(17)16-7-4-8(12)11(14)9(13)5-7/h1,4-5,15H,3,6H2,(H,16,17). The van der Waals surface area contributed by atoms with Gasteiger partial charge in [0.15, 0.2) is 17.5 Å². The van der Waals surface area contributed by atoms with Crippen LogP contribution in [0.25, 0.3) is 0 Å². The lowest BCUT2D eigenvalue weighted by Crippen LogP contribution is -2.28. The molecular weight excluding hydrogens is 233 g/mol. The van der Waals surface area contributed by atoms with Gasteiger partial charge in [-0.2, -0.15) is 0 Å². The van der Waals surface area contributed by atoms with E-state index in [0.717, 1.165) is 0 Å². The van der Waals surface area contributed by atoms with Gasteiger partial charge in [0.1, 0.15) is 0 Å². The monoisotopic (exact) mass is 242 g/mol. The van der Waals surface area contributed by atoms with E-state index >= 15 is 0 Å². The Kier molecular flexibility index (Phi) is 4.55. The van der Waals surface area contributed by atoms with Crippen molar-refractivity contribution in [2.75, 3.05) is 18.4 Å². The molecule has 0 radical (unpaired) electrons. The van der Waals surface area contributed by atoms with Gasteiger partial charge in [-0.05, 0) is 0 Å². The molecule has 0 aliphatic carbocycles. The van der Waals surface area contributed by atoms with Crippen molar-refractivity contribution in [3.8, 4) is 12.3 Å². The number of anilines is 1. The highest BCUT2D eigenvalue weighted by Gasteiger charge is 2.11. The van der Waals surface area contributed by atoms with E-state index in [-0.39, 0.29) is 18.8 Å². The molecule has 90 valence electrons. The summed E-state index contributed by atoms with van der Waals surface area (Å²) in [6.45, 7) is 0.0877. The largest absolute Gasteiger partial charge is 0.325 e. The van der Waals surface area contributed by atoms with Crippen LogP contribution in [0.1, 0.15) is 0 Å². The predicted octanol–water partition coefficient (Wildman–Crippen LogP) is 1.27. The maximum Gasteiger partial charge on any atom is 0.238 e. The first-order chi connectivity index (χ1) is 8.04. The number of terminal acetylenes is 1. The summed E-state index contributed by atoms with van der Waals surface area (Å²) in [4.78, 5) is 11.2. The van der Waals surface area contributed by atoms with E-state index in [2.05, 4.69) is 16.6 Å². The van der Waals surface area contributed by atoms with Gasteiger partial charge in [0.2, 0.25) is 5.91 Å². The molecule has 2 N–H and O–H groups in total. The van der Waals surface area contributed by atoms with E-state index in [1.54, 1.807) is 0 Å². The fourth-order valence-corrected chi connectivity index (χ4v) is 1.08. The average Bonchev–Trinajstić information content (AvgIpc) is 2.26. The van der Waals surface area contributed by atoms with Crippen LogP contribution in [0.3, 0.4) is 0 Å². The van der Waals surface area contributed by atoms with Gasteiger partial charge in [-0.3, -0.25) is 10.1 Å². The minimum atomic E-state index is -1.58. The summed E-state index contributed by atoms with van der Waals surface area (Å²) in [5.74, 6) is -2.59. The van der Waals surface area contributed by atoms with Crippen LogP contribution in [0.15, 0.2) is 12.1 Å². The average molecular weight is 242 g/mol. The minimum Gasteiger partial charge on any atom is -0.325 e. The van der Waals surface area contributed by atoms with Crippen molar-refractivity contribution in [3.05, 3.63) is 29.6 Å². The van der Waals surface area contributed by atoms with Gasteiger partial charge in [0, 0.05) is 17.8 Å². The summed E-state index contributed by atoms with van der Waals surface area (Å²) < 4.78 is 38.2. The zero-order valence-corrected chi connectivity index (χ0v) is 8.69. The second-order valence-corrected chi connectivity index (χ2v) is 3.11. The number of hydrogen-bond acceptors (Lipinski definition) is 2. The van der Waals surface area contributed by atoms with Crippen LogP contribution in [0.2, 0.25) is 0 Å². The number of carbonyl (C=O) groups is 1. The molecule has 0 aliphatic heterocycles. The number of benzene rings is 1. The second-order valence-electron chi connectivity index (χ2n) is 3.11. The number of carbonyl (C=O) groups excluding carboxylic acids is 1. The molecule has 0 bridgehead atoms. The van der Waals surface area contributed by atoms with Crippen molar-refractivity contribution in [1.29, 1.82) is 0 Å². The quantitative estimate of drug-likeness (QED) is 0.474. The normalized spacial score (nSPS) is 9.76. The van der Waals surface area contributed by atoms with Gasteiger partial charge in [0.05, 0.1) is 13.1 Å². The van der Waals surface area contributed by atoms with Gasteiger partial charge >= 0.3 is 0 Å². The van der Waals surface area contributed by atoms with Crippen LogP contribution in [0.5, 0.6) is 0 Å². The van der Waals surface area contributed by atoms with Crippen LogP contribution < -0.4 is 10.6 Å². The summed E-state index contributed by atoms with van der Waals surface area (Å²) in [5.41, 5.74) is -0.158. The lowest BCUT2D eigenvalue weighted by atomic mass is 10.3. The lowest BCUT2D eigenvalue weighted by Gasteiger charge is -2.06. The molecule has 0 atom stereocenters. The molecule has 17 heavy (non-hydrogen) atoms. The predicted molar refractivity (Wildman–Crippen MR) is 56.6 cm³/mol. The van der Waals surface area contributed by atoms with Crippen LogP contribution in [-0.4, -0.2) is 19.0 Å². The Hall–Kier alpha value is -2.00. The second kappa shape index (κ2) is 5.92. The van der Waals surface area contributed by atoms with Crippen molar-refractivity contribution in [2.45, 2.75) is 0 Å². The fraction of sp³-hybridized carbons (Fsp3) is 0.182. The van der Waals surface area contributed by atoms with Crippen molar-refractivity contribution in [3.63, 3.8) is 0 Å². The molecule has 0 aromatic heterocycles. The third kappa shape index (κ3) is 3.81. The number of halogens is 3. The van der Waals surface area contributed by atoms with Crippen molar-refractivity contribution in [1.82, 2.24) is 5.32 Å². The highest BCUT2D eigenvalue weighted by Crippen LogP contribution is 2.16. The molecule has 0 spiro atoms. The molecule has 1 aromatic carbocycles. The van der Waals surface area contributed by atoms with Crippen LogP contribution in [0.4, 0.5) is 18.9 Å². The Morgan fingerprint density at radius 2 is 1.88 bits per heavy atom. The molecule has 1 aromatic rings. The smallest absolute Gasteiger partial charge is 0.238 e. The molecule has 0 aliphatic rings. The van der Waals surface area contributed by atoms with Crippen molar-refractivity contribution >= 4 is 11.6 Å². The lowest BCUT2D eigenvalue weighted by molar-refractivity contribution is -0.115. The van der Waals surface area contributed by atoms with Crippen LogP contribution in [-0.2, 0) is 4.79 Å². The topological polar surface area (TPSA) is 41.1 Å². The molecule has 0 heterocycles. The molecule has 0 saturated carbocycles. The highest BCUT2D eigenvalue weighted by atomic mass is 19.2. The first-order valence-corrected chi connectivity index (χ1v) is 4.63. The molecule has 1 rings (SSSR count). The summed E-state index contributed by atoms with van der Waals surface area (Å²) >= 11 is 0. The number of rotatable bonds is 4. The van der Waals surface area contributed by atoms with Crippen molar-refractivity contribution < 1.29 is 18.0 Å². The maximum atomic E-state index is 12.8. The molecule has 6 heteroatoms. The molecule has 3 nitrogen and oxygen atoms in total. The summed E-state index contributed by atoms with van der Waals surface area (Å²) in [7, 11) is 0. The van der Waals surface area contributed by atoms with Gasteiger partial charge < -0.3 is 5.32 Å². The molecule has 1 amide bonds. The summed E-state index contributed by atoms with van der Waals surface area (Å²) in [5, 5.41) is 4.78. The van der Waals surface area contributed by atoms with Gasteiger partial charge in [0.25, 0.3) is 0 Å². The Morgan fingerprint density at radius 3 is 2.41 bits per heavy atom. The highest BCUT2D eigenvalue weighted by molar-refractivity contribution is 5.92. The first-order valence-electron chi connectivity index (χ1n) is 4.63. The first kappa shape index (κ1) is 13.1.